The fourth-order valence-corrected chi connectivity index (χ4v) is 3.40. The van der Waals surface area contributed by atoms with Crippen LogP contribution in [0.1, 0.15) is 5.56 Å². The van der Waals surface area contributed by atoms with E-state index in [1.165, 1.54) is 6.20 Å². The number of thiophene rings is 1. The number of anilines is 2. The van der Waals surface area contributed by atoms with E-state index >= 15 is 0 Å². The maximum Gasteiger partial charge on any atom is 0.230 e. The molecule has 0 aliphatic heterocycles. The van der Waals surface area contributed by atoms with E-state index in [2.05, 4.69) is 20.5 Å². The van der Waals surface area contributed by atoms with Gasteiger partial charge in [-0.15, -0.1) is 11.3 Å². The van der Waals surface area contributed by atoms with Crippen LogP contribution >= 0.6 is 11.3 Å². The smallest absolute Gasteiger partial charge is 0.230 e. The van der Waals surface area contributed by atoms with Gasteiger partial charge in [-0.05, 0) is 23.8 Å². The third kappa shape index (κ3) is 3.49. The number of rotatable bonds is 4. The van der Waals surface area contributed by atoms with Crippen molar-refractivity contribution < 1.29 is 13.6 Å². The van der Waals surface area contributed by atoms with E-state index in [4.69, 9.17) is 5.73 Å². The molecule has 0 aliphatic rings. The molecule has 4 rings (SSSR count). The van der Waals surface area contributed by atoms with Crippen molar-refractivity contribution in [2.24, 2.45) is 0 Å². The lowest BCUT2D eigenvalue weighted by molar-refractivity contribution is -0.115. The summed E-state index contributed by atoms with van der Waals surface area (Å²) in [5.74, 6) is -0.653. The van der Waals surface area contributed by atoms with Gasteiger partial charge in [0.1, 0.15) is 5.82 Å². The van der Waals surface area contributed by atoms with Gasteiger partial charge in [0.2, 0.25) is 5.91 Å². The first-order valence-corrected chi connectivity index (χ1v) is 8.75. The summed E-state index contributed by atoms with van der Waals surface area (Å²) in [5, 5.41) is 9.35. The Bertz CT molecular complexity index is 1140. The van der Waals surface area contributed by atoms with Gasteiger partial charge in [0.15, 0.2) is 16.6 Å². The summed E-state index contributed by atoms with van der Waals surface area (Å²) in [6, 6.07) is 9.42. The van der Waals surface area contributed by atoms with Crippen LogP contribution in [0.3, 0.4) is 0 Å². The fraction of sp³-hybridized carbons (Fsp3) is 0.0556. The van der Waals surface area contributed by atoms with Crippen molar-refractivity contribution in [1.29, 1.82) is 0 Å². The summed E-state index contributed by atoms with van der Waals surface area (Å²) in [4.78, 5) is 16.6. The van der Waals surface area contributed by atoms with Gasteiger partial charge in [0, 0.05) is 23.5 Å². The van der Waals surface area contributed by atoms with E-state index in [0.29, 0.717) is 33.6 Å². The molecule has 0 atom stereocenters. The Morgan fingerprint density at radius 3 is 2.70 bits per heavy atom. The second-order valence-corrected chi connectivity index (χ2v) is 6.89. The largest absolute Gasteiger partial charge is 0.399 e. The van der Waals surface area contributed by atoms with Crippen LogP contribution in [0.4, 0.5) is 20.3 Å². The van der Waals surface area contributed by atoms with Gasteiger partial charge < -0.3 is 11.1 Å². The standard InChI is InChI=1S/C18H13F2N5OS/c19-13-7-14(20)27-16(13)10-6-12-17(22-8-10)24-25-18(12)23-15(26)5-9-1-3-11(21)4-2-9/h1-4,6-8H,5,21H2,(H2,22,23,24,25,26). The SMILES string of the molecule is Nc1ccc(CC(=O)Nc2n[nH]c3ncc(-c4sc(F)cc4F)cc23)cc1. The van der Waals surface area contributed by atoms with Crippen LogP contribution in [0, 0.1) is 10.9 Å². The number of pyridine rings is 1. The Hall–Kier alpha value is -3.33. The summed E-state index contributed by atoms with van der Waals surface area (Å²) in [6.45, 7) is 0. The molecule has 0 aliphatic carbocycles. The van der Waals surface area contributed by atoms with E-state index in [1.807, 2.05) is 0 Å². The maximum absolute atomic E-state index is 13.8. The number of nitrogens with one attached hydrogen (secondary N) is 2. The first kappa shape index (κ1) is 17.1. The van der Waals surface area contributed by atoms with Crippen molar-refractivity contribution in [3.05, 3.63) is 59.1 Å². The van der Waals surface area contributed by atoms with Crippen LogP contribution in [0.15, 0.2) is 42.6 Å². The molecule has 0 saturated heterocycles. The quantitative estimate of drug-likeness (QED) is 0.466. The fourth-order valence-electron chi connectivity index (χ4n) is 2.66. The highest BCUT2D eigenvalue weighted by Gasteiger charge is 2.15. The van der Waals surface area contributed by atoms with Crippen LogP contribution < -0.4 is 11.1 Å². The molecule has 4 aromatic rings. The Labute approximate surface area is 156 Å². The number of fused-ring (bicyclic) bond motifs is 1. The van der Waals surface area contributed by atoms with E-state index in [-0.39, 0.29) is 23.0 Å². The van der Waals surface area contributed by atoms with Crippen molar-refractivity contribution in [2.75, 3.05) is 11.1 Å². The molecule has 0 bridgehead atoms. The number of carbonyl (C=O) groups is 1. The number of nitrogen functional groups attached to an aromatic ring is 1. The van der Waals surface area contributed by atoms with Gasteiger partial charge in [0.25, 0.3) is 0 Å². The summed E-state index contributed by atoms with van der Waals surface area (Å²) in [7, 11) is 0. The average Bonchev–Trinajstić information content (AvgIpc) is 3.19. The summed E-state index contributed by atoms with van der Waals surface area (Å²) >= 11 is 0.691. The molecular formula is C18H13F2N5OS. The lowest BCUT2D eigenvalue weighted by Crippen LogP contribution is -2.14. The molecule has 0 unspecified atom stereocenters. The summed E-state index contributed by atoms with van der Waals surface area (Å²) < 4.78 is 27.1. The van der Waals surface area contributed by atoms with Crippen molar-refractivity contribution in [3.8, 4) is 10.4 Å². The molecule has 9 heteroatoms. The molecular weight excluding hydrogens is 372 g/mol. The number of aromatic amines is 1. The molecule has 136 valence electrons. The monoisotopic (exact) mass is 385 g/mol. The third-order valence-electron chi connectivity index (χ3n) is 3.94. The Balaban J connectivity index is 1.60. The highest BCUT2D eigenvalue weighted by atomic mass is 32.1. The minimum Gasteiger partial charge on any atom is -0.399 e. The number of H-pyrrole nitrogens is 1. The lowest BCUT2D eigenvalue weighted by Gasteiger charge is -2.04. The summed E-state index contributed by atoms with van der Waals surface area (Å²) in [5.41, 5.74) is 7.89. The normalized spacial score (nSPS) is 11.0. The second-order valence-electron chi connectivity index (χ2n) is 5.89. The van der Waals surface area contributed by atoms with Crippen LogP contribution in [0.25, 0.3) is 21.5 Å². The molecule has 3 aromatic heterocycles. The minimum absolute atomic E-state index is 0.141. The zero-order valence-corrected chi connectivity index (χ0v) is 14.6. The van der Waals surface area contributed by atoms with E-state index in [9.17, 15) is 13.6 Å². The number of amides is 1. The Morgan fingerprint density at radius 2 is 2.00 bits per heavy atom. The van der Waals surface area contributed by atoms with Crippen molar-refractivity contribution in [3.63, 3.8) is 0 Å². The number of aromatic nitrogens is 3. The number of carbonyl (C=O) groups excluding carboxylic acids is 1. The van der Waals surface area contributed by atoms with Crippen LogP contribution in [0.2, 0.25) is 0 Å². The van der Waals surface area contributed by atoms with E-state index < -0.39 is 10.9 Å². The van der Waals surface area contributed by atoms with Crippen molar-refractivity contribution >= 4 is 39.8 Å². The average molecular weight is 385 g/mol. The molecule has 27 heavy (non-hydrogen) atoms. The molecule has 6 nitrogen and oxygen atoms in total. The number of nitrogens with zero attached hydrogens (tertiary/aromatic N) is 2. The van der Waals surface area contributed by atoms with Crippen molar-refractivity contribution in [1.82, 2.24) is 15.2 Å². The zero-order valence-electron chi connectivity index (χ0n) is 13.8. The molecule has 4 N–H and O–H groups in total. The van der Waals surface area contributed by atoms with Crippen LogP contribution in [-0.2, 0) is 11.2 Å². The molecule has 0 spiro atoms. The Morgan fingerprint density at radius 1 is 1.22 bits per heavy atom. The number of nitrogens with two attached hydrogens (primary N) is 1. The minimum atomic E-state index is -0.656. The van der Waals surface area contributed by atoms with Gasteiger partial charge in [-0.3, -0.25) is 9.89 Å². The number of halogens is 2. The van der Waals surface area contributed by atoms with Crippen LogP contribution in [-0.4, -0.2) is 21.1 Å². The predicted octanol–water partition coefficient (Wildman–Crippen LogP) is 3.73. The van der Waals surface area contributed by atoms with Gasteiger partial charge in [-0.2, -0.15) is 9.49 Å². The highest BCUT2D eigenvalue weighted by Crippen LogP contribution is 2.33. The topological polar surface area (TPSA) is 96.7 Å². The second kappa shape index (κ2) is 6.76. The summed E-state index contributed by atoms with van der Waals surface area (Å²) in [6.07, 6.45) is 1.57. The first-order chi connectivity index (χ1) is 13.0. The van der Waals surface area contributed by atoms with E-state index in [0.717, 1.165) is 11.6 Å². The number of hydrogen-bond donors (Lipinski definition) is 3. The zero-order chi connectivity index (χ0) is 19.0. The molecule has 1 amide bonds. The molecule has 1 aromatic carbocycles. The van der Waals surface area contributed by atoms with Crippen molar-refractivity contribution in [2.45, 2.75) is 6.42 Å². The van der Waals surface area contributed by atoms with Gasteiger partial charge in [0.05, 0.1) is 16.7 Å². The number of hydrogen-bond acceptors (Lipinski definition) is 5. The first-order valence-electron chi connectivity index (χ1n) is 7.93. The molecule has 0 saturated carbocycles. The lowest BCUT2D eigenvalue weighted by atomic mass is 10.1. The Kier molecular flexibility index (Phi) is 4.28. The van der Waals surface area contributed by atoms with Gasteiger partial charge in [-0.1, -0.05) is 12.1 Å². The van der Waals surface area contributed by atoms with E-state index in [1.54, 1.807) is 30.3 Å². The maximum atomic E-state index is 13.8. The van der Waals surface area contributed by atoms with Gasteiger partial charge in [-0.25, -0.2) is 9.37 Å². The molecule has 0 radical (unpaired) electrons. The third-order valence-corrected chi connectivity index (χ3v) is 4.89. The predicted molar refractivity (Wildman–Crippen MR) is 100 cm³/mol. The van der Waals surface area contributed by atoms with Crippen LogP contribution in [0.5, 0.6) is 0 Å². The molecule has 0 fully saturated rings. The highest BCUT2D eigenvalue weighted by molar-refractivity contribution is 7.13. The molecule has 3 heterocycles. The number of benzene rings is 1. The van der Waals surface area contributed by atoms with Gasteiger partial charge >= 0.3 is 0 Å².